The highest BCUT2D eigenvalue weighted by Crippen LogP contribution is 2.28. The molecular formula is C29H37N3O4S2. The van der Waals surface area contributed by atoms with Gasteiger partial charge in [-0.05, 0) is 48.6 Å². The van der Waals surface area contributed by atoms with Gasteiger partial charge in [-0.1, -0.05) is 74.7 Å². The molecule has 204 valence electrons. The first-order valence-electron chi connectivity index (χ1n) is 13.4. The van der Waals surface area contributed by atoms with Crippen molar-refractivity contribution >= 4 is 40.8 Å². The van der Waals surface area contributed by atoms with Crippen LogP contribution in [0.25, 0.3) is 0 Å². The SMILES string of the molecule is O=C(O)CN1CSC[C@H]1C(=O)N[C@H](CCC1CCCCC1)C(=S)NCc1ccc(Oc2ccccc2)cc1. The summed E-state index contributed by atoms with van der Waals surface area (Å²) in [5.74, 6) is 2.30. The third-order valence-corrected chi connectivity index (χ3v) is 8.70. The van der Waals surface area contributed by atoms with Gasteiger partial charge in [0.15, 0.2) is 0 Å². The predicted molar refractivity (Wildman–Crippen MR) is 156 cm³/mol. The van der Waals surface area contributed by atoms with Gasteiger partial charge in [-0.2, -0.15) is 0 Å². The number of amides is 1. The van der Waals surface area contributed by atoms with Crippen molar-refractivity contribution < 1.29 is 19.4 Å². The number of benzene rings is 2. The van der Waals surface area contributed by atoms with E-state index in [2.05, 4.69) is 10.6 Å². The zero-order chi connectivity index (χ0) is 26.7. The summed E-state index contributed by atoms with van der Waals surface area (Å²) in [6.07, 6.45) is 8.15. The second-order valence-corrected chi connectivity index (χ2v) is 11.5. The molecule has 0 bridgehead atoms. The molecule has 7 nitrogen and oxygen atoms in total. The van der Waals surface area contributed by atoms with Crippen molar-refractivity contribution in [2.45, 2.75) is 63.6 Å². The van der Waals surface area contributed by atoms with Crippen molar-refractivity contribution in [3.8, 4) is 11.5 Å². The molecule has 2 fully saturated rings. The molecule has 2 aliphatic rings. The van der Waals surface area contributed by atoms with E-state index >= 15 is 0 Å². The summed E-state index contributed by atoms with van der Waals surface area (Å²) in [4.78, 5) is 26.8. The lowest BCUT2D eigenvalue weighted by Gasteiger charge is -2.28. The van der Waals surface area contributed by atoms with Gasteiger partial charge in [0.05, 0.1) is 23.6 Å². The van der Waals surface area contributed by atoms with Crippen molar-refractivity contribution in [2.75, 3.05) is 18.2 Å². The number of nitrogens with zero attached hydrogens (tertiary/aromatic N) is 1. The quantitative estimate of drug-likeness (QED) is 0.308. The molecule has 0 aromatic heterocycles. The standard InChI is InChI=1S/C29H37N3O4S2/c33-27(34)18-32-20-38-19-26(32)28(35)31-25(16-13-21-7-3-1-4-8-21)29(37)30-17-22-11-14-24(15-12-22)36-23-9-5-2-6-10-23/h2,5-6,9-12,14-15,21,25-26H,1,3-4,7-8,13,16-20H2,(H,30,37)(H,31,35)(H,33,34)/t25-,26+/m1/s1. The average molecular weight is 556 g/mol. The molecular weight excluding hydrogens is 518 g/mol. The van der Waals surface area contributed by atoms with Gasteiger partial charge in [0.1, 0.15) is 11.5 Å². The first kappa shape index (κ1) is 28.4. The number of hydrogen-bond donors (Lipinski definition) is 3. The smallest absolute Gasteiger partial charge is 0.317 e. The van der Waals surface area contributed by atoms with Gasteiger partial charge in [0.2, 0.25) is 5.91 Å². The van der Waals surface area contributed by atoms with E-state index in [0.717, 1.165) is 29.9 Å². The number of rotatable bonds is 12. The topological polar surface area (TPSA) is 90.9 Å². The Labute approximate surface area is 234 Å². The van der Waals surface area contributed by atoms with Crippen LogP contribution in [0, 0.1) is 5.92 Å². The Bertz CT molecular complexity index is 1060. The van der Waals surface area contributed by atoms with E-state index < -0.39 is 12.0 Å². The lowest BCUT2D eigenvalue weighted by Crippen LogP contribution is -2.53. The van der Waals surface area contributed by atoms with Gasteiger partial charge < -0.3 is 20.5 Å². The van der Waals surface area contributed by atoms with Crippen LogP contribution in [0.1, 0.15) is 50.5 Å². The molecule has 2 aromatic rings. The summed E-state index contributed by atoms with van der Waals surface area (Å²) in [7, 11) is 0. The summed E-state index contributed by atoms with van der Waals surface area (Å²) in [5, 5.41) is 15.7. The van der Waals surface area contributed by atoms with Crippen molar-refractivity contribution in [2.24, 2.45) is 5.92 Å². The first-order valence-corrected chi connectivity index (χ1v) is 15.0. The molecule has 2 atom stereocenters. The van der Waals surface area contributed by atoms with Crippen LogP contribution in [0.4, 0.5) is 0 Å². The van der Waals surface area contributed by atoms with Crippen LogP contribution >= 0.6 is 24.0 Å². The third kappa shape index (κ3) is 8.71. The number of carboxylic acid groups (broad SMARTS) is 1. The number of carbonyl (C=O) groups excluding carboxylic acids is 1. The molecule has 1 amide bonds. The Morgan fingerprint density at radius 1 is 1.05 bits per heavy atom. The number of carbonyl (C=O) groups is 2. The lowest BCUT2D eigenvalue weighted by atomic mass is 9.85. The zero-order valence-corrected chi connectivity index (χ0v) is 23.3. The van der Waals surface area contributed by atoms with Crippen LogP contribution < -0.4 is 15.4 Å². The normalized spacial score (nSPS) is 19.0. The van der Waals surface area contributed by atoms with Crippen molar-refractivity contribution in [3.05, 3.63) is 60.2 Å². The number of aliphatic carboxylic acids is 1. The summed E-state index contributed by atoms with van der Waals surface area (Å²) >= 11 is 7.37. The molecule has 0 unspecified atom stereocenters. The summed E-state index contributed by atoms with van der Waals surface area (Å²) in [6, 6.07) is 16.8. The molecule has 3 N–H and O–H groups in total. The van der Waals surface area contributed by atoms with Gasteiger partial charge >= 0.3 is 5.97 Å². The molecule has 1 saturated heterocycles. The van der Waals surface area contributed by atoms with E-state index in [-0.39, 0.29) is 18.5 Å². The molecule has 1 saturated carbocycles. The van der Waals surface area contributed by atoms with Crippen LogP contribution in [0.5, 0.6) is 11.5 Å². The number of hydrogen-bond acceptors (Lipinski definition) is 6. The molecule has 1 aliphatic carbocycles. The highest BCUT2D eigenvalue weighted by atomic mass is 32.2. The van der Waals surface area contributed by atoms with Crippen LogP contribution in [0.2, 0.25) is 0 Å². The van der Waals surface area contributed by atoms with E-state index in [4.69, 9.17) is 17.0 Å². The Hall–Kier alpha value is -2.62. The minimum absolute atomic E-state index is 0.134. The molecule has 38 heavy (non-hydrogen) atoms. The van der Waals surface area contributed by atoms with Gasteiger partial charge in [0.25, 0.3) is 0 Å². The fourth-order valence-corrected chi connectivity index (χ4v) is 6.52. The number of para-hydroxylation sites is 1. The summed E-state index contributed by atoms with van der Waals surface area (Å²) in [5.41, 5.74) is 1.06. The first-order chi connectivity index (χ1) is 18.5. The number of ether oxygens (including phenoxy) is 1. The van der Waals surface area contributed by atoms with Crippen LogP contribution in [0.15, 0.2) is 54.6 Å². The largest absolute Gasteiger partial charge is 0.480 e. The number of thioether (sulfide) groups is 1. The maximum Gasteiger partial charge on any atom is 0.317 e. The molecule has 0 spiro atoms. The zero-order valence-electron chi connectivity index (χ0n) is 21.6. The van der Waals surface area contributed by atoms with Gasteiger partial charge in [0, 0.05) is 18.2 Å². The Morgan fingerprint density at radius 3 is 2.47 bits per heavy atom. The second kappa shape index (κ2) is 14.5. The Kier molecular flexibility index (Phi) is 10.8. The molecule has 0 radical (unpaired) electrons. The third-order valence-electron chi connectivity index (χ3n) is 7.20. The van der Waals surface area contributed by atoms with E-state index in [9.17, 15) is 14.7 Å². The van der Waals surface area contributed by atoms with Crippen LogP contribution in [0.3, 0.4) is 0 Å². The van der Waals surface area contributed by atoms with Crippen molar-refractivity contribution in [3.63, 3.8) is 0 Å². The minimum Gasteiger partial charge on any atom is -0.480 e. The van der Waals surface area contributed by atoms with Crippen LogP contribution in [-0.4, -0.2) is 57.1 Å². The molecule has 1 aliphatic heterocycles. The van der Waals surface area contributed by atoms with E-state index in [1.165, 1.54) is 32.1 Å². The predicted octanol–water partition coefficient (Wildman–Crippen LogP) is 5.20. The fraction of sp³-hybridized carbons (Fsp3) is 0.483. The fourth-order valence-electron chi connectivity index (χ4n) is 5.08. The highest BCUT2D eigenvalue weighted by Gasteiger charge is 2.34. The number of thiocarbonyl (C=S) groups is 1. The van der Waals surface area contributed by atoms with E-state index in [1.54, 1.807) is 16.7 Å². The molecule has 9 heteroatoms. The lowest BCUT2D eigenvalue weighted by molar-refractivity contribution is -0.139. The van der Waals surface area contributed by atoms with E-state index in [1.807, 2.05) is 54.6 Å². The van der Waals surface area contributed by atoms with Gasteiger partial charge in [-0.25, -0.2) is 0 Å². The maximum absolute atomic E-state index is 13.2. The number of nitrogens with one attached hydrogen (secondary N) is 2. The van der Waals surface area contributed by atoms with E-state index in [0.29, 0.717) is 29.1 Å². The summed E-state index contributed by atoms with van der Waals surface area (Å²) < 4.78 is 5.88. The van der Waals surface area contributed by atoms with Crippen LogP contribution in [-0.2, 0) is 16.1 Å². The highest BCUT2D eigenvalue weighted by molar-refractivity contribution is 7.99. The molecule has 2 aromatic carbocycles. The van der Waals surface area contributed by atoms with Crippen molar-refractivity contribution in [1.29, 1.82) is 0 Å². The second-order valence-electron chi connectivity index (χ2n) is 10.1. The number of carboxylic acids is 1. The Morgan fingerprint density at radius 2 is 1.76 bits per heavy atom. The molecule has 1 heterocycles. The minimum atomic E-state index is -0.920. The molecule has 4 rings (SSSR count). The monoisotopic (exact) mass is 555 g/mol. The Balaban J connectivity index is 1.34. The maximum atomic E-state index is 13.2. The van der Waals surface area contributed by atoms with Gasteiger partial charge in [-0.3, -0.25) is 14.5 Å². The summed E-state index contributed by atoms with van der Waals surface area (Å²) in [6.45, 7) is 0.412. The average Bonchev–Trinajstić information content (AvgIpc) is 3.39. The van der Waals surface area contributed by atoms with Gasteiger partial charge in [-0.15, -0.1) is 11.8 Å². The van der Waals surface area contributed by atoms with Crippen molar-refractivity contribution in [1.82, 2.24) is 15.5 Å².